The van der Waals surface area contributed by atoms with Gasteiger partial charge in [-0.3, -0.25) is 34.4 Å². The molecule has 0 aromatic heterocycles. The van der Waals surface area contributed by atoms with Gasteiger partial charge >= 0.3 is 0 Å². The van der Waals surface area contributed by atoms with Gasteiger partial charge in [-0.05, 0) is 66.6 Å². The molecule has 6 bridgehead atoms. The van der Waals surface area contributed by atoms with Crippen LogP contribution < -0.4 is 36.4 Å². The second-order valence-corrected chi connectivity index (χ2v) is 16.8. The van der Waals surface area contributed by atoms with E-state index in [1.807, 2.05) is 21.9 Å². The average Bonchev–Trinajstić information content (AvgIpc) is 3.20. The molecule has 1 saturated carbocycles. The fourth-order valence-corrected chi connectivity index (χ4v) is 8.78. The van der Waals surface area contributed by atoms with Gasteiger partial charge in [-0.1, -0.05) is 67.8 Å². The number of anilines is 2. The molecule has 0 radical (unpaired) electrons. The fraction of sp³-hybridized carbons (Fsp3) is 0.439. The number of carbonyl (C=O) groups excluding carboxylic acids is 4. The summed E-state index contributed by atoms with van der Waals surface area (Å²) in [6.45, 7) is 3.10. The van der Waals surface area contributed by atoms with Crippen LogP contribution in [0.25, 0.3) is 0 Å². The van der Waals surface area contributed by atoms with Crippen LogP contribution in [0.5, 0.6) is 0 Å². The number of benzene rings is 3. The number of aryl methyl sites for hydroxylation is 1. The molecule has 6 heterocycles. The van der Waals surface area contributed by atoms with Crippen molar-refractivity contribution in [2.75, 3.05) is 49.9 Å². The molecule has 16 nitrogen and oxygen atoms in total. The highest BCUT2D eigenvalue weighted by Crippen LogP contribution is 2.19. The Morgan fingerprint density at radius 3 is 1.84 bits per heavy atom. The molecular formula is C41H54N10O6S. The van der Waals surface area contributed by atoms with E-state index in [1.54, 1.807) is 60.7 Å². The van der Waals surface area contributed by atoms with E-state index in [0.29, 0.717) is 67.9 Å². The highest BCUT2D eigenvalue weighted by molar-refractivity contribution is 7.87. The highest BCUT2D eigenvalue weighted by atomic mass is 32.2. The third kappa shape index (κ3) is 12.9. The second kappa shape index (κ2) is 20.0. The maximum atomic E-state index is 14.2. The lowest BCUT2D eigenvalue weighted by Gasteiger charge is -2.33. The number of rotatable bonds is 8. The normalized spacial score (nSPS) is 22.9. The Kier molecular flexibility index (Phi) is 14.6. The minimum Gasteiger partial charge on any atom is -0.384 e. The summed E-state index contributed by atoms with van der Waals surface area (Å²) in [6.07, 6.45) is 4.76. The first-order valence-electron chi connectivity index (χ1n) is 19.9. The van der Waals surface area contributed by atoms with E-state index < -0.39 is 34.1 Å². The van der Waals surface area contributed by atoms with Gasteiger partial charge in [-0.15, -0.1) is 0 Å². The molecule has 4 amide bonds. The zero-order valence-electron chi connectivity index (χ0n) is 32.6. The zero-order chi connectivity index (χ0) is 41.1. The number of fused-ring (bicyclic) bond motifs is 1. The molecule has 6 aliphatic heterocycles. The number of nitrogens with two attached hydrogens (primary N) is 1. The van der Waals surface area contributed by atoms with Crippen molar-refractivity contribution in [1.29, 1.82) is 5.41 Å². The molecule has 3 aromatic rings. The minimum absolute atomic E-state index is 0.0757. The SMILES string of the molecule is N=C(N)c1ccc(CNC(=O)[C@@H]2Cc3ccc(cc3)NC(=O)CN3CCN(CC3)CC(=O)Nc3ccc(cc3)CCC(NS(=O)(=O)NC3CCCCC3)C(=O)N2)cc1. The van der Waals surface area contributed by atoms with Crippen LogP contribution in [0.2, 0.25) is 0 Å². The summed E-state index contributed by atoms with van der Waals surface area (Å²) in [6, 6.07) is 18.5. The summed E-state index contributed by atoms with van der Waals surface area (Å²) in [7, 11) is -4.12. The number of nitrogens with zero attached hydrogens (tertiary/aromatic N) is 2. The molecule has 58 heavy (non-hydrogen) atoms. The maximum Gasteiger partial charge on any atom is 0.277 e. The average molecular weight is 815 g/mol. The van der Waals surface area contributed by atoms with Gasteiger partial charge in [0.1, 0.15) is 17.9 Å². The molecule has 1 unspecified atom stereocenters. The van der Waals surface area contributed by atoms with Crippen molar-refractivity contribution in [2.45, 2.75) is 76.0 Å². The number of amides is 4. The number of carbonyl (C=O) groups is 4. The van der Waals surface area contributed by atoms with Crippen LogP contribution in [-0.2, 0) is 48.8 Å². The molecule has 7 aliphatic rings. The highest BCUT2D eigenvalue weighted by Gasteiger charge is 2.30. The molecule has 2 atom stereocenters. The summed E-state index contributed by atoms with van der Waals surface area (Å²) >= 11 is 0. The molecule has 310 valence electrons. The van der Waals surface area contributed by atoms with E-state index in [4.69, 9.17) is 11.1 Å². The maximum absolute atomic E-state index is 14.2. The van der Waals surface area contributed by atoms with Gasteiger partial charge in [0.15, 0.2) is 0 Å². The Hall–Kier alpha value is -5.20. The quantitative estimate of drug-likeness (QED) is 0.122. The van der Waals surface area contributed by atoms with E-state index in [0.717, 1.165) is 30.4 Å². The minimum atomic E-state index is -4.12. The Morgan fingerprint density at radius 2 is 1.29 bits per heavy atom. The molecule has 3 aromatic carbocycles. The number of hydrogen-bond acceptors (Lipinski definition) is 9. The van der Waals surface area contributed by atoms with Crippen molar-refractivity contribution in [3.63, 3.8) is 0 Å². The van der Waals surface area contributed by atoms with Crippen molar-refractivity contribution in [3.8, 4) is 0 Å². The lowest BCUT2D eigenvalue weighted by atomic mass is 9.96. The van der Waals surface area contributed by atoms with Crippen molar-refractivity contribution in [2.24, 2.45) is 5.73 Å². The third-order valence-corrected chi connectivity index (χ3v) is 12.0. The predicted octanol–water partition coefficient (Wildman–Crippen LogP) is 1.58. The van der Waals surface area contributed by atoms with E-state index >= 15 is 0 Å². The molecule has 1 aliphatic carbocycles. The summed E-state index contributed by atoms with van der Waals surface area (Å²) in [5.74, 6) is -1.57. The van der Waals surface area contributed by atoms with Gasteiger partial charge in [0.05, 0.1) is 13.1 Å². The lowest BCUT2D eigenvalue weighted by molar-refractivity contribution is -0.130. The first kappa shape index (κ1) is 42.4. The van der Waals surface area contributed by atoms with Crippen LogP contribution >= 0.6 is 0 Å². The van der Waals surface area contributed by atoms with Crippen molar-refractivity contribution < 1.29 is 27.6 Å². The van der Waals surface area contributed by atoms with E-state index in [-0.39, 0.29) is 56.2 Å². The van der Waals surface area contributed by atoms with Crippen LogP contribution in [0.4, 0.5) is 11.4 Å². The Morgan fingerprint density at radius 1 is 0.741 bits per heavy atom. The molecule has 10 rings (SSSR count). The van der Waals surface area contributed by atoms with E-state index in [2.05, 4.69) is 30.7 Å². The monoisotopic (exact) mass is 814 g/mol. The zero-order valence-corrected chi connectivity index (χ0v) is 33.4. The van der Waals surface area contributed by atoms with Crippen molar-refractivity contribution >= 4 is 51.0 Å². The number of nitrogens with one attached hydrogen (secondary N) is 7. The number of hydrogen-bond donors (Lipinski definition) is 8. The molecular weight excluding hydrogens is 761 g/mol. The van der Waals surface area contributed by atoms with E-state index in [1.165, 1.54) is 0 Å². The summed E-state index contributed by atoms with van der Waals surface area (Å²) in [5.41, 5.74) is 9.58. The molecule has 9 N–H and O–H groups in total. The molecule has 0 spiro atoms. The molecule has 17 heteroatoms. The van der Waals surface area contributed by atoms with Crippen LogP contribution in [0, 0.1) is 5.41 Å². The summed E-state index contributed by atoms with van der Waals surface area (Å²) < 4.78 is 32.3. The number of piperazine rings is 1. The predicted molar refractivity (Wildman–Crippen MR) is 222 cm³/mol. The fourth-order valence-electron chi connectivity index (χ4n) is 7.44. The smallest absolute Gasteiger partial charge is 0.277 e. The largest absolute Gasteiger partial charge is 0.384 e. The van der Waals surface area contributed by atoms with E-state index in [9.17, 15) is 27.6 Å². The number of amidine groups is 1. The Bertz CT molecular complexity index is 2020. The Labute approximate surface area is 339 Å². The van der Waals surface area contributed by atoms with Gasteiger partial charge in [-0.2, -0.15) is 17.9 Å². The standard InChI is InChI=1S/C41H54N10O6S/c42-39(43)31-13-6-30(7-14-31)25-44-40(54)36-24-29-10-17-33(18-11-29)46-38(53)27-51-22-20-50(21-23-51)26-37(52)45-32-15-8-28(9-16-32)12-19-35(41(55)47-36)49-58(56,57)48-34-4-2-1-3-5-34/h6-11,13-18,34-36,48-49H,1-5,12,19-27H2,(H3,42,43)(H,44,54)(H,45,52)(H,46,53)(H,47,55)/t35?,36-/m0/s1. The summed E-state index contributed by atoms with van der Waals surface area (Å²) in [5, 5.41) is 19.2. The number of nitrogen functional groups attached to an aromatic ring is 1. The lowest BCUT2D eigenvalue weighted by Crippen LogP contribution is -2.56. The van der Waals surface area contributed by atoms with Crippen LogP contribution in [0.15, 0.2) is 72.8 Å². The van der Waals surface area contributed by atoms with Gasteiger partial charge in [0.25, 0.3) is 10.2 Å². The molecule has 2 fully saturated rings. The van der Waals surface area contributed by atoms with Gasteiger partial charge in [0.2, 0.25) is 23.6 Å². The van der Waals surface area contributed by atoms with Gasteiger partial charge in [0, 0.05) is 62.1 Å². The second-order valence-electron chi connectivity index (χ2n) is 15.3. The first-order valence-corrected chi connectivity index (χ1v) is 21.4. The van der Waals surface area contributed by atoms with Gasteiger partial charge < -0.3 is 27.0 Å². The van der Waals surface area contributed by atoms with Crippen LogP contribution in [0.3, 0.4) is 0 Å². The van der Waals surface area contributed by atoms with Gasteiger partial charge in [-0.25, -0.2) is 0 Å². The third-order valence-electron chi connectivity index (χ3n) is 10.7. The summed E-state index contributed by atoms with van der Waals surface area (Å²) in [4.78, 5) is 58.0. The Balaban J connectivity index is 1.24. The van der Waals surface area contributed by atoms with Crippen LogP contribution in [-0.4, -0.2) is 105 Å². The topological polar surface area (TPSA) is 231 Å². The first-order chi connectivity index (χ1) is 27.9. The van der Waals surface area contributed by atoms with Crippen molar-refractivity contribution in [3.05, 3.63) is 95.1 Å². The van der Waals surface area contributed by atoms with Crippen LogP contribution in [0.1, 0.15) is 60.8 Å². The molecule has 1 saturated heterocycles. The van der Waals surface area contributed by atoms with Crippen molar-refractivity contribution in [1.82, 2.24) is 29.9 Å².